The van der Waals surface area contributed by atoms with Gasteiger partial charge in [0.25, 0.3) is 0 Å². The molecule has 6 heteroatoms. The van der Waals surface area contributed by atoms with Crippen molar-refractivity contribution in [3.8, 4) is 0 Å². The van der Waals surface area contributed by atoms with E-state index in [9.17, 15) is 4.79 Å². The second-order valence-electron chi connectivity index (χ2n) is 5.67. The van der Waals surface area contributed by atoms with Crippen LogP contribution < -0.4 is 5.32 Å². The normalized spacial score (nSPS) is 16.1. The van der Waals surface area contributed by atoms with Gasteiger partial charge in [-0.2, -0.15) is 0 Å². The Hall–Kier alpha value is -2.34. The van der Waals surface area contributed by atoms with Crippen molar-refractivity contribution < 1.29 is 9.53 Å². The molecule has 0 bridgehead atoms. The molecule has 1 saturated heterocycles. The number of aryl methyl sites for hydroxylation is 1. The minimum atomic E-state index is -0.104. The summed E-state index contributed by atoms with van der Waals surface area (Å²) in [5.41, 5.74) is 1.08. The number of benzene rings is 1. The molecule has 2 heterocycles. The van der Waals surface area contributed by atoms with E-state index in [1.807, 2.05) is 48.1 Å². The van der Waals surface area contributed by atoms with Crippen LogP contribution in [0, 0.1) is 0 Å². The third-order valence-electron chi connectivity index (χ3n) is 4.11. The Morgan fingerprint density at radius 2 is 2.04 bits per heavy atom. The Morgan fingerprint density at radius 1 is 1.30 bits per heavy atom. The molecule has 0 spiro atoms. The summed E-state index contributed by atoms with van der Waals surface area (Å²) >= 11 is 0. The lowest BCUT2D eigenvalue weighted by Crippen LogP contribution is -2.47. The lowest BCUT2D eigenvalue weighted by atomic mass is 10.0. The van der Waals surface area contributed by atoms with Crippen LogP contribution in [0.1, 0.15) is 17.4 Å². The number of nitrogens with zero attached hydrogens (tertiary/aromatic N) is 3. The average Bonchev–Trinajstić information content (AvgIpc) is 3.00. The quantitative estimate of drug-likeness (QED) is 0.935. The molecule has 1 atom stereocenters. The van der Waals surface area contributed by atoms with E-state index in [-0.39, 0.29) is 12.1 Å². The predicted molar refractivity (Wildman–Crippen MR) is 87.0 cm³/mol. The van der Waals surface area contributed by atoms with E-state index in [0.717, 1.165) is 11.4 Å². The molecule has 1 aliphatic heterocycles. The van der Waals surface area contributed by atoms with Crippen LogP contribution >= 0.6 is 0 Å². The number of hydrogen-bond donors (Lipinski definition) is 1. The highest BCUT2D eigenvalue weighted by Gasteiger charge is 2.22. The Kier molecular flexibility index (Phi) is 4.92. The van der Waals surface area contributed by atoms with Crippen molar-refractivity contribution in [3.63, 3.8) is 0 Å². The van der Waals surface area contributed by atoms with Crippen LogP contribution in [-0.2, 0) is 18.2 Å². The first kappa shape index (κ1) is 15.6. The van der Waals surface area contributed by atoms with Gasteiger partial charge in [-0.05, 0) is 5.56 Å². The van der Waals surface area contributed by atoms with E-state index in [2.05, 4.69) is 10.3 Å². The molecule has 1 fully saturated rings. The van der Waals surface area contributed by atoms with E-state index in [4.69, 9.17) is 4.74 Å². The molecule has 1 aromatic carbocycles. The number of urea groups is 1. The first-order valence-corrected chi connectivity index (χ1v) is 7.88. The summed E-state index contributed by atoms with van der Waals surface area (Å²) in [6, 6.07) is 9.87. The number of morpholine rings is 1. The Balaban J connectivity index is 1.75. The zero-order valence-corrected chi connectivity index (χ0v) is 13.3. The van der Waals surface area contributed by atoms with Gasteiger partial charge < -0.3 is 19.5 Å². The number of nitrogens with one attached hydrogen (secondary N) is 1. The van der Waals surface area contributed by atoms with Crippen LogP contribution in [0.3, 0.4) is 0 Å². The van der Waals surface area contributed by atoms with Crippen LogP contribution in [0.5, 0.6) is 0 Å². The number of amides is 2. The van der Waals surface area contributed by atoms with Crippen LogP contribution in [-0.4, -0.2) is 46.8 Å². The van der Waals surface area contributed by atoms with Crippen LogP contribution in [0.4, 0.5) is 4.79 Å². The van der Waals surface area contributed by atoms with Gasteiger partial charge in [-0.3, -0.25) is 0 Å². The van der Waals surface area contributed by atoms with Gasteiger partial charge in [-0.1, -0.05) is 30.3 Å². The van der Waals surface area contributed by atoms with E-state index in [0.29, 0.717) is 32.7 Å². The molecule has 6 nitrogen and oxygen atoms in total. The lowest BCUT2D eigenvalue weighted by molar-refractivity contribution is 0.0524. The molecule has 2 aromatic rings. The zero-order valence-electron chi connectivity index (χ0n) is 13.3. The largest absolute Gasteiger partial charge is 0.378 e. The van der Waals surface area contributed by atoms with Crippen LogP contribution in [0.25, 0.3) is 0 Å². The fourth-order valence-electron chi connectivity index (χ4n) is 2.72. The van der Waals surface area contributed by atoms with Gasteiger partial charge in [0.1, 0.15) is 5.82 Å². The topological polar surface area (TPSA) is 59.4 Å². The van der Waals surface area contributed by atoms with Gasteiger partial charge in [0, 0.05) is 39.0 Å². The van der Waals surface area contributed by atoms with Gasteiger partial charge in [0.2, 0.25) is 0 Å². The number of carbonyl (C=O) groups is 1. The second-order valence-corrected chi connectivity index (χ2v) is 5.67. The molecule has 1 N–H and O–H groups in total. The molecule has 0 aliphatic carbocycles. The van der Waals surface area contributed by atoms with Gasteiger partial charge in [0.05, 0.1) is 19.3 Å². The van der Waals surface area contributed by atoms with Crippen molar-refractivity contribution in [2.75, 3.05) is 26.3 Å². The highest BCUT2D eigenvalue weighted by molar-refractivity contribution is 5.74. The molecular weight excluding hydrogens is 292 g/mol. The highest BCUT2D eigenvalue weighted by Crippen LogP contribution is 2.18. The van der Waals surface area contributed by atoms with Crippen molar-refractivity contribution in [1.82, 2.24) is 19.8 Å². The molecule has 1 aliphatic rings. The Morgan fingerprint density at radius 3 is 2.70 bits per heavy atom. The van der Waals surface area contributed by atoms with Gasteiger partial charge >= 0.3 is 6.03 Å². The zero-order chi connectivity index (χ0) is 16.1. The standard InChI is InChI=1S/C17H22N4O2/c1-20-8-7-18-16(20)13-15(14-5-3-2-4-6-14)19-17(22)21-9-11-23-12-10-21/h2-8,15H,9-13H2,1H3,(H,19,22)/t15-/m1/s1. The first-order chi connectivity index (χ1) is 11.2. The van der Waals surface area contributed by atoms with Gasteiger partial charge in [-0.15, -0.1) is 0 Å². The number of hydrogen-bond acceptors (Lipinski definition) is 3. The molecule has 0 unspecified atom stereocenters. The maximum Gasteiger partial charge on any atom is 0.318 e. The second kappa shape index (κ2) is 7.28. The number of aromatic nitrogens is 2. The maximum atomic E-state index is 12.5. The number of ether oxygens (including phenoxy) is 1. The number of imidazole rings is 1. The molecule has 3 rings (SSSR count). The fourth-order valence-corrected chi connectivity index (χ4v) is 2.72. The van der Waals surface area contributed by atoms with Crippen molar-refractivity contribution in [3.05, 3.63) is 54.1 Å². The molecule has 0 saturated carbocycles. The molecule has 2 amide bonds. The SMILES string of the molecule is Cn1ccnc1C[C@@H](NC(=O)N1CCOCC1)c1ccccc1. The van der Waals surface area contributed by atoms with E-state index >= 15 is 0 Å². The third-order valence-corrected chi connectivity index (χ3v) is 4.11. The molecular formula is C17H22N4O2. The number of rotatable bonds is 4. The minimum Gasteiger partial charge on any atom is -0.378 e. The van der Waals surface area contributed by atoms with E-state index in [1.165, 1.54) is 0 Å². The summed E-state index contributed by atoms with van der Waals surface area (Å²) in [4.78, 5) is 18.7. The lowest BCUT2D eigenvalue weighted by Gasteiger charge is -2.29. The van der Waals surface area contributed by atoms with Crippen molar-refractivity contribution in [2.45, 2.75) is 12.5 Å². The Bertz CT molecular complexity index is 635. The summed E-state index contributed by atoms with van der Waals surface area (Å²) in [5.74, 6) is 0.945. The predicted octanol–water partition coefficient (Wildman–Crippen LogP) is 1.75. The van der Waals surface area contributed by atoms with Crippen molar-refractivity contribution in [1.29, 1.82) is 0 Å². The highest BCUT2D eigenvalue weighted by atomic mass is 16.5. The molecule has 122 valence electrons. The van der Waals surface area contributed by atoms with Crippen LogP contribution in [0.15, 0.2) is 42.7 Å². The molecule has 1 aromatic heterocycles. The van der Waals surface area contributed by atoms with Crippen molar-refractivity contribution >= 4 is 6.03 Å². The smallest absolute Gasteiger partial charge is 0.318 e. The van der Waals surface area contributed by atoms with E-state index in [1.54, 1.807) is 11.1 Å². The monoisotopic (exact) mass is 314 g/mol. The Labute approximate surface area is 136 Å². The summed E-state index contributed by atoms with van der Waals surface area (Å²) in [6.45, 7) is 2.47. The molecule has 23 heavy (non-hydrogen) atoms. The summed E-state index contributed by atoms with van der Waals surface area (Å²) in [6.07, 6.45) is 4.35. The maximum absolute atomic E-state index is 12.5. The fraction of sp³-hybridized carbons (Fsp3) is 0.412. The van der Waals surface area contributed by atoms with Gasteiger partial charge in [0.15, 0.2) is 0 Å². The summed E-state index contributed by atoms with van der Waals surface area (Å²) in [7, 11) is 1.97. The van der Waals surface area contributed by atoms with Crippen molar-refractivity contribution in [2.24, 2.45) is 7.05 Å². The molecule has 0 radical (unpaired) electrons. The van der Waals surface area contributed by atoms with Gasteiger partial charge in [-0.25, -0.2) is 9.78 Å². The number of carbonyl (C=O) groups excluding carboxylic acids is 1. The average molecular weight is 314 g/mol. The summed E-state index contributed by atoms with van der Waals surface area (Å²) in [5, 5.41) is 3.15. The van der Waals surface area contributed by atoms with Crippen LogP contribution in [0.2, 0.25) is 0 Å². The third kappa shape index (κ3) is 3.90. The summed E-state index contributed by atoms with van der Waals surface area (Å²) < 4.78 is 7.29. The first-order valence-electron chi connectivity index (χ1n) is 7.88. The minimum absolute atomic E-state index is 0.0450. The van der Waals surface area contributed by atoms with E-state index < -0.39 is 0 Å².